The molecule has 0 bridgehead atoms. The van der Waals surface area contributed by atoms with Crippen molar-refractivity contribution >= 4 is 5.78 Å². The van der Waals surface area contributed by atoms with Crippen molar-refractivity contribution in [1.82, 2.24) is 0 Å². The van der Waals surface area contributed by atoms with Gasteiger partial charge in [0, 0.05) is 18.6 Å². The first kappa shape index (κ1) is 19.7. The molecule has 0 saturated heterocycles. The van der Waals surface area contributed by atoms with E-state index >= 15 is 0 Å². The quantitative estimate of drug-likeness (QED) is 0.401. The first-order chi connectivity index (χ1) is 12.3. The smallest absolute Gasteiger partial charge is 0.231 e. The van der Waals surface area contributed by atoms with Gasteiger partial charge in [-0.3, -0.25) is 4.79 Å². The highest BCUT2D eigenvalue weighted by molar-refractivity contribution is 5.98. The summed E-state index contributed by atoms with van der Waals surface area (Å²) in [4.78, 5) is 12.1. The topological polar surface area (TPSA) is 63.2 Å². The number of ether oxygens (including phenoxy) is 5. The summed E-state index contributed by atoms with van der Waals surface area (Å²) in [6.07, 6.45) is 2.66. The van der Waals surface area contributed by atoms with E-state index in [4.69, 9.17) is 23.7 Å². The van der Waals surface area contributed by atoms with Gasteiger partial charge in [0.15, 0.2) is 17.3 Å². The molecule has 0 radical (unpaired) electrons. The van der Waals surface area contributed by atoms with E-state index in [2.05, 4.69) is 6.92 Å². The molecular formula is C19H28O6. The summed E-state index contributed by atoms with van der Waals surface area (Å²) in [5, 5.41) is 0. The van der Waals surface area contributed by atoms with Crippen molar-refractivity contribution in [3.05, 3.63) is 23.3 Å². The van der Waals surface area contributed by atoms with Crippen LogP contribution in [0.5, 0.6) is 11.5 Å². The lowest BCUT2D eigenvalue weighted by Crippen LogP contribution is -2.11. The van der Waals surface area contributed by atoms with Crippen LogP contribution in [0.15, 0.2) is 12.1 Å². The molecule has 0 saturated carbocycles. The Morgan fingerprint density at radius 2 is 1.60 bits per heavy atom. The predicted molar refractivity (Wildman–Crippen MR) is 93.4 cm³/mol. The fourth-order valence-corrected chi connectivity index (χ4v) is 2.42. The van der Waals surface area contributed by atoms with Gasteiger partial charge < -0.3 is 23.7 Å². The van der Waals surface area contributed by atoms with Crippen molar-refractivity contribution in [2.75, 3.05) is 39.8 Å². The lowest BCUT2D eigenvalue weighted by molar-refractivity contribution is 0.0101. The number of hydrogen-bond acceptors (Lipinski definition) is 6. The Balaban J connectivity index is 1.71. The van der Waals surface area contributed by atoms with Crippen LogP contribution in [0.4, 0.5) is 0 Å². The molecule has 0 aliphatic carbocycles. The van der Waals surface area contributed by atoms with Crippen LogP contribution in [-0.2, 0) is 20.8 Å². The third kappa shape index (κ3) is 6.30. The first-order valence-electron chi connectivity index (χ1n) is 8.95. The highest BCUT2D eigenvalue weighted by Crippen LogP contribution is 2.35. The lowest BCUT2D eigenvalue weighted by Gasteiger charge is -2.11. The summed E-state index contributed by atoms with van der Waals surface area (Å²) in [5.41, 5.74) is 1.45. The Morgan fingerprint density at radius 3 is 2.28 bits per heavy atom. The minimum absolute atomic E-state index is 0.0670. The van der Waals surface area contributed by atoms with Crippen molar-refractivity contribution in [3.8, 4) is 11.5 Å². The van der Waals surface area contributed by atoms with E-state index < -0.39 is 0 Å². The van der Waals surface area contributed by atoms with Gasteiger partial charge in [-0.05, 0) is 24.1 Å². The van der Waals surface area contributed by atoms with Gasteiger partial charge in [0.05, 0.1) is 33.0 Å². The molecule has 0 N–H and O–H groups in total. The molecule has 0 spiro atoms. The van der Waals surface area contributed by atoms with Gasteiger partial charge in [-0.2, -0.15) is 0 Å². The fraction of sp³-hybridized carbons (Fsp3) is 0.632. The van der Waals surface area contributed by atoms with Gasteiger partial charge in [0.1, 0.15) is 0 Å². The largest absolute Gasteiger partial charge is 0.454 e. The number of hydrogen-bond donors (Lipinski definition) is 0. The van der Waals surface area contributed by atoms with Crippen LogP contribution in [0.1, 0.15) is 49.0 Å². The molecule has 2 rings (SSSR count). The van der Waals surface area contributed by atoms with Crippen LogP contribution in [0, 0.1) is 0 Å². The van der Waals surface area contributed by atoms with Crippen LogP contribution in [0.3, 0.4) is 0 Å². The second-order valence-electron chi connectivity index (χ2n) is 5.77. The molecule has 6 nitrogen and oxygen atoms in total. The van der Waals surface area contributed by atoms with Crippen molar-refractivity contribution in [2.24, 2.45) is 0 Å². The maximum absolute atomic E-state index is 12.1. The summed E-state index contributed by atoms with van der Waals surface area (Å²) in [7, 11) is 0. The van der Waals surface area contributed by atoms with E-state index in [1.807, 2.05) is 13.0 Å². The Kier molecular flexibility index (Phi) is 8.72. The van der Waals surface area contributed by atoms with Crippen molar-refractivity contribution in [2.45, 2.75) is 39.7 Å². The van der Waals surface area contributed by atoms with Crippen molar-refractivity contribution in [3.63, 3.8) is 0 Å². The molecular weight excluding hydrogens is 324 g/mol. The van der Waals surface area contributed by atoms with Crippen LogP contribution >= 0.6 is 0 Å². The van der Waals surface area contributed by atoms with Gasteiger partial charge in [0.2, 0.25) is 6.79 Å². The Bertz CT molecular complexity index is 543. The lowest BCUT2D eigenvalue weighted by atomic mass is 10.0. The number of rotatable bonds is 13. The molecule has 25 heavy (non-hydrogen) atoms. The number of unbranched alkanes of at least 4 members (excludes halogenated alkanes) is 1. The number of fused-ring (bicyclic) bond motifs is 1. The van der Waals surface area contributed by atoms with Crippen LogP contribution in [-0.4, -0.2) is 45.6 Å². The van der Waals surface area contributed by atoms with Crippen LogP contribution in [0.2, 0.25) is 0 Å². The molecule has 0 fully saturated rings. The van der Waals surface area contributed by atoms with E-state index in [-0.39, 0.29) is 12.6 Å². The predicted octanol–water partition coefficient (Wildman–Crippen LogP) is 3.36. The standard InChI is InChI=1S/C19H28O6/c1-3-5-6-21-7-8-22-9-10-23-13-15-11-18-19(25-14-24-18)12-16(15)17(20)4-2/h11-12H,3-10,13-14H2,1-2H3. The average Bonchev–Trinajstić information content (AvgIpc) is 3.09. The SMILES string of the molecule is CCCCOCCOCCOCc1cc2c(cc1C(=O)CC)OCO2. The van der Waals surface area contributed by atoms with Gasteiger partial charge >= 0.3 is 0 Å². The van der Waals surface area contributed by atoms with Gasteiger partial charge in [-0.15, -0.1) is 0 Å². The molecule has 0 amide bonds. The maximum atomic E-state index is 12.1. The monoisotopic (exact) mass is 352 g/mol. The second-order valence-corrected chi connectivity index (χ2v) is 5.77. The van der Waals surface area contributed by atoms with E-state index in [9.17, 15) is 4.79 Å². The van der Waals surface area contributed by atoms with Gasteiger partial charge in [-0.25, -0.2) is 0 Å². The molecule has 1 heterocycles. The number of carbonyl (C=O) groups is 1. The summed E-state index contributed by atoms with van der Waals surface area (Å²) in [6.45, 7) is 7.43. The summed E-state index contributed by atoms with van der Waals surface area (Å²) >= 11 is 0. The fourth-order valence-electron chi connectivity index (χ4n) is 2.42. The second kappa shape index (κ2) is 11.1. The van der Waals surface area contributed by atoms with Gasteiger partial charge in [-0.1, -0.05) is 20.3 Å². The normalized spacial score (nSPS) is 12.6. The van der Waals surface area contributed by atoms with Crippen molar-refractivity contribution in [1.29, 1.82) is 0 Å². The van der Waals surface area contributed by atoms with E-state index in [1.54, 1.807) is 6.07 Å². The molecule has 0 atom stereocenters. The summed E-state index contributed by atoms with van der Waals surface area (Å²) in [6, 6.07) is 3.57. The van der Waals surface area contributed by atoms with E-state index in [0.717, 1.165) is 25.0 Å². The molecule has 6 heteroatoms. The summed E-state index contributed by atoms with van der Waals surface area (Å²) < 4.78 is 27.3. The molecule has 1 aromatic rings. The average molecular weight is 352 g/mol. The molecule has 0 unspecified atom stereocenters. The Labute approximate surface area is 149 Å². The summed E-state index contributed by atoms with van der Waals surface area (Å²) in [5.74, 6) is 1.34. The highest BCUT2D eigenvalue weighted by Gasteiger charge is 2.20. The Hall–Kier alpha value is -1.63. The zero-order chi connectivity index (χ0) is 17.9. The number of carbonyl (C=O) groups excluding carboxylic acids is 1. The molecule has 0 aromatic heterocycles. The minimum atomic E-state index is 0.0670. The van der Waals surface area contributed by atoms with Crippen LogP contribution < -0.4 is 9.47 Å². The minimum Gasteiger partial charge on any atom is -0.454 e. The molecule has 1 aliphatic heterocycles. The Morgan fingerprint density at radius 1 is 0.960 bits per heavy atom. The number of ketones is 1. The third-order valence-electron chi connectivity index (χ3n) is 3.86. The molecule has 1 aromatic carbocycles. The zero-order valence-corrected chi connectivity index (χ0v) is 15.2. The van der Waals surface area contributed by atoms with E-state index in [0.29, 0.717) is 56.5 Å². The first-order valence-corrected chi connectivity index (χ1v) is 8.95. The maximum Gasteiger partial charge on any atom is 0.231 e. The molecule has 140 valence electrons. The molecule has 1 aliphatic rings. The van der Waals surface area contributed by atoms with Crippen molar-refractivity contribution < 1.29 is 28.5 Å². The van der Waals surface area contributed by atoms with Crippen LogP contribution in [0.25, 0.3) is 0 Å². The van der Waals surface area contributed by atoms with Gasteiger partial charge in [0.25, 0.3) is 0 Å². The number of Topliss-reactive ketones (excluding diaryl/α,β-unsaturated/α-hetero) is 1. The zero-order valence-electron chi connectivity index (χ0n) is 15.2. The highest BCUT2D eigenvalue weighted by atomic mass is 16.7. The third-order valence-corrected chi connectivity index (χ3v) is 3.86. The van der Waals surface area contributed by atoms with E-state index in [1.165, 1.54) is 0 Å². The number of benzene rings is 1.